The summed E-state index contributed by atoms with van der Waals surface area (Å²) in [4.78, 5) is 2.36. The molecule has 12 aromatic rings. The van der Waals surface area contributed by atoms with Gasteiger partial charge in [0.25, 0.3) is 0 Å². The SMILES string of the molecule is c1ccc2c(-c3ccc(N(c4ccc(-c5ccc6sc7ccccc7c6c5)cc4)c4ccc(-c5cccc6oc7c8ccccc8ccc7c56)cc4)cc3)cccc2c1. The molecule has 276 valence electrons. The molecule has 0 aliphatic rings. The number of thiophene rings is 1. The van der Waals surface area contributed by atoms with Crippen molar-refractivity contribution >= 4 is 92.1 Å². The third kappa shape index (κ3) is 5.62. The van der Waals surface area contributed by atoms with Crippen LogP contribution < -0.4 is 4.90 Å². The number of hydrogen-bond donors (Lipinski definition) is 0. The number of benzene rings is 10. The zero-order valence-electron chi connectivity index (χ0n) is 32.0. The number of hydrogen-bond acceptors (Lipinski definition) is 3. The highest BCUT2D eigenvalue weighted by atomic mass is 32.1. The Bertz CT molecular complexity index is 3530. The highest BCUT2D eigenvalue weighted by Gasteiger charge is 2.18. The predicted molar refractivity (Wildman–Crippen MR) is 253 cm³/mol. The fraction of sp³-hybridized carbons (Fsp3) is 0. The van der Waals surface area contributed by atoms with Crippen LogP contribution in [-0.2, 0) is 0 Å². The summed E-state index contributed by atoms with van der Waals surface area (Å²) >= 11 is 1.86. The van der Waals surface area contributed by atoms with Gasteiger partial charge in [-0.2, -0.15) is 0 Å². The number of rotatable bonds is 6. The Labute approximate surface area is 345 Å². The molecule has 0 unspecified atom stereocenters. The smallest absolute Gasteiger partial charge is 0.143 e. The maximum absolute atomic E-state index is 6.54. The minimum Gasteiger partial charge on any atom is -0.455 e. The second-order valence-corrected chi connectivity index (χ2v) is 16.3. The highest BCUT2D eigenvalue weighted by Crippen LogP contribution is 2.43. The molecule has 59 heavy (non-hydrogen) atoms. The number of furan rings is 1. The Morgan fingerprint density at radius 2 is 0.881 bits per heavy atom. The zero-order chi connectivity index (χ0) is 38.9. The van der Waals surface area contributed by atoms with E-state index in [1.54, 1.807) is 0 Å². The van der Waals surface area contributed by atoms with Gasteiger partial charge in [0.2, 0.25) is 0 Å². The molecule has 2 nitrogen and oxygen atoms in total. The molecular formula is C56H35NOS. The lowest BCUT2D eigenvalue weighted by atomic mass is 9.97. The topological polar surface area (TPSA) is 16.4 Å². The van der Waals surface area contributed by atoms with Crippen LogP contribution in [0.4, 0.5) is 17.1 Å². The maximum atomic E-state index is 6.54. The lowest BCUT2D eigenvalue weighted by molar-refractivity contribution is 0.673. The molecule has 2 aromatic heterocycles. The van der Waals surface area contributed by atoms with Crippen molar-refractivity contribution in [3.05, 3.63) is 212 Å². The van der Waals surface area contributed by atoms with Gasteiger partial charge in [-0.3, -0.25) is 0 Å². The first kappa shape index (κ1) is 33.7. The van der Waals surface area contributed by atoms with Crippen LogP contribution in [0.5, 0.6) is 0 Å². The predicted octanol–water partition coefficient (Wildman–Crippen LogP) is 16.7. The summed E-state index contributed by atoms with van der Waals surface area (Å²) in [6, 6.07) is 76.9. The van der Waals surface area contributed by atoms with E-state index in [2.05, 4.69) is 217 Å². The molecule has 0 radical (unpaired) electrons. The molecule has 0 N–H and O–H groups in total. The minimum atomic E-state index is 0.900. The summed E-state index contributed by atoms with van der Waals surface area (Å²) in [5.41, 5.74) is 12.3. The Morgan fingerprint density at radius 1 is 0.339 bits per heavy atom. The number of anilines is 3. The summed E-state index contributed by atoms with van der Waals surface area (Å²) < 4.78 is 9.18. The molecule has 0 fully saturated rings. The van der Waals surface area contributed by atoms with Gasteiger partial charge in [-0.1, -0.05) is 146 Å². The fourth-order valence-electron chi connectivity index (χ4n) is 9.01. The zero-order valence-corrected chi connectivity index (χ0v) is 32.8. The van der Waals surface area contributed by atoms with Crippen LogP contribution in [0.3, 0.4) is 0 Å². The van der Waals surface area contributed by atoms with E-state index in [4.69, 9.17) is 4.42 Å². The lowest BCUT2D eigenvalue weighted by Crippen LogP contribution is -2.09. The van der Waals surface area contributed by atoms with Crippen molar-refractivity contribution in [3.8, 4) is 33.4 Å². The minimum absolute atomic E-state index is 0.900. The molecule has 0 amide bonds. The standard InChI is InChI=1S/C56H35NOS/c1-3-12-45-37(9-1)11-7-15-46(45)39-21-29-43(30-22-39)57(42-27-19-36(20-28-42)41-26-34-54-51(35-41)49-14-5-6-18-53(49)59-54)44-31-23-40(24-32-44)47-16-8-17-52-55(47)50-33-25-38-10-2-4-13-48(38)56(50)58-52/h1-35H. The molecule has 3 heteroatoms. The first-order valence-corrected chi connectivity index (χ1v) is 20.9. The quantitative estimate of drug-likeness (QED) is 0.167. The van der Waals surface area contributed by atoms with E-state index >= 15 is 0 Å². The van der Waals surface area contributed by atoms with Gasteiger partial charge in [-0.05, 0) is 116 Å². The van der Waals surface area contributed by atoms with E-state index in [-0.39, 0.29) is 0 Å². The monoisotopic (exact) mass is 769 g/mol. The normalized spacial score (nSPS) is 11.7. The molecule has 12 rings (SSSR count). The summed E-state index contributed by atoms with van der Waals surface area (Å²) in [5, 5.41) is 9.73. The number of fused-ring (bicyclic) bond motifs is 9. The van der Waals surface area contributed by atoms with E-state index in [0.717, 1.165) is 55.5 Å². The van der Waals surface area contributed by atoms with Crippen molar-refractivity contribution in [3.63, 3.8) is 0 Å². The lowest BCUT2D eigenvalue weighted by Gasteiger charge is -2.26. The van der Waals surface area contributed by atoms with Crippen molar-refractivity contribution in [2.24, 2.45) is 0 Å². The van der Waals surface area contributed by atoms with Crippen LogP contribution in [0.15, 0.2) is 217 Å². The van der Waals surface area contributed by atoms with Crippen molar-refractivity contribution in [1.82, 2.24) is 0 Å². The second-order valence-electron chi connectivity index (χ2n) is 15.3. The third-order valence-electron chi connectivity index (χ3n) is 11.9. The van der Waals surface area contributed by atoms with E-state index in [0.29, 0.717) is 0 Å². The van der Waals surface area contributed by atoms with Gasteiger partial charge < -0.3 is 9.32 Å². The summed E-state index contributed by atoms with van der Waals surface area (Å²) in [7, 11) is 0. The second kappa shape index (κ2) is 13.6. The van der Waals surface area contributed by atoms with Crippen LogP contribution in [0.1, 0.15) is 0 Å². The first-order valence-electron chi connectivity index (χ1n) is 20.1. The van der Waals surface area contributed by atoms with E-state index in [1.807, 2.05) is 11.3 Å². The van der Waals surface area contributed by atoms with E-state index < -0.39 is 0 Å². The van der Waals surface area contributed by atoms with Gasteiger partial charge in [0.05, 0.1) is 0 Å². The van der Waals surface area contributed by atoms with Crippen LogP contribution in [0, 0.1) is 0 Å². The molecule has 0 aliphatic carbocycles. The Morgan fingerprint density at radius 3 is 1.63 bits per heavy atom. The third-order valence-corrected chi connectivity index (χ3v) is 13.0. The van der Waals surface area contributed by atoms with Gasteiger partial charge >= 0.3 is 0 Å². The molecule has 0 spiro atoms. The van der Waals surface area contributed by atoms with Crippen LogP contribution in [0.25, 0.3) is 97.0 Å². The van der Waals surface area contributed by atoms with Gasteiger partial charge in [-0.25, -0.2) is 0 Å². The average Bonchev–Trinajstić information content (AvgIpc) is 3.88. The summed E-state index contributed by atoms with van der Waals surface area (Å²) in [5.74, 6) is 0. The van der Waals surface area contributed by atoms with Crippen molar-refractivity contribution in [2.75, 3.05) is 4.90 Å². The van der Waals surface area contributed by atoms with Gasteiger partial charge in [-0.15, -0.1) is 11.3 Å². The Hall–Kier alpha value is -7.46. The van der Waals surface area contributed by atoms with Crippen LogP contribution in [0.2, 0.25) is 0 Å². The van der Waals surface area contributed by atoms with Gasteiger partial charge in [0.15, 0.2) is 0 Å². The largest absolute Gasteiger partial charge is 0.455 e. The molecule has 0 saturated carbocycles. The van der Waals surface area contributed by atoms with Gasteiger partial charge in [0.1, 0.15) is 11.2 Å². The average molecular weight is 770 g/mol. The molecule has 0 saturated heterocycles. The first-order chi connectivity index (χ1) is 29.2. The van der Waals surface area contributed by atoms with Crippen LogP contribution >= 0.6 is 11.3 Å². The Kier molecular flexibility index (Phi) is 7.75. The molecule has 2 heterocycles. The highest BCUT2D eigenvalue weighted by molar-refractivity contribution is 7.25. The van der Waals surface area contributed by atoms with E-state index in [1.165, 1.54) is 58.6 Å². The van der Waals surface area contributed by atoms with E-state index in [9.17, 15) is 0 Å². The molecule has 0 bridgehead atoms. The fourth-order valence-corrected chi connectivity index (χ4v) is 10.1. The molecule has 0 atom stereocenters. The Balaban J connectivity index is 0.951. The molecule has 10 aromatic carbocycles. The molecule has 0 aliphatic heterocycles. The van der Waals surface area contributed by atoms with Gasteiger partial charge in [0, 0.05) is 53.4 Å². The number of nitrogens with zero attached hydrogens (tertiary/aromatic N) is 1. The van der Waals surface area contributed by atoms with Crippen molar-refractivity contribution in [1.29, 1.82) is 0 Å². The summed E-state index contributed by atoms with van der Waals surface area (Å²) in [6.45, 7) is 0. The maximum Gasteiger partial charge on any atom is 0.143 e. The van der Waals surface area contributed by atoms with Crippen LogP contribution in [-0.4, -0.2) is 0 Å². The van der Waals surface area contributed by atoms with Crippen molar-refractivity contribution < 1.29 is 4.42 Å². The van der Waals surface area contributed by atoms with Crippen molar-refractivity contribution in [2.45, 2.75) is 0 Å². The summed E-state index contributed by atoms with van der Waals surface area (Å²) in [6.07, 6.45) is 0. The molecular weight excluding hydrogens is 735 g/mol.